The molecule has 2 aliphatic rings. The van der Waals surface area contributed by atoms with Crippen LogP contribution in [0.4, 0.5) is 0 Å². The minimum atomic E-state index is -1.38. The standard InChI is InChI=1S/C14H28OSi/c1-4-5-12-16(2,3)15-14-10-6-8-13(14)9-7-11-14/h13H,4-12H2,1-3H3. The van der Waals surface area contributed by atoms with Gasteiger partial charge in [-0.25, -0.2) is 0 Å². The summed E-state index contributed by atoms with van der Waals surface area (Å²) in [6, 6.07) is 1.36. The number of hydrogen-bond acceptors (Lipinski definition) is 1. The second kappa shape index (κ2) is 4.81. The molecule has 16 heavy (non-hydrogen) atoms. The number of hydrogen-bond donors (Lipinski definition) is 0. The highest BCUT2D eigenvalue weighted by atomic mass is 28.4. The lowest BCUT2D eigenvalue weighted by Gasteiger charge is -2.38. The first-order chi connectivity index (χ1) is 7.58. The fourth-order valence-electron chi connectivity index (χ4n) is 3.89. The first-order valence-corrected chi connectivity index (χ1v) is 10.4. The summed E-state index contributed by atoms with van der Waals surface area (Å²) in [5.74, 6) is 0.918. The Morgan fingerprint density at radius 3 is 2.38 bits per heavy atom. The Hall–Kier alpha value is 0.177. The number of unbranched alkanes of at least 4 members (excludes halogenated alkanes) is 1. The van der Waals surface area contributed by atoms with Crippen molar-refractivity contribution in [2.45, 2.75) is 83.0 Å². The van der Waals surface area contributed by atoms with Crippen LogP contribution < -0.4 is 0 Å². The summed E-state index contributed by atoms with van der Waals surface area (Å²) in [4.78, 5) is 0. The molecule has 2 saturated carbocycles. The smallest absolute Gasteiger partial charge is 0.187 e. The van der Waals surface area contributed by atoms with E-state index in [9.17, 15) is 0 Å². The van der Waals surface area contributed by atoms with E-state index < -0.39 is 8.32 Å². The van der Waals surface area contributed by atoms with Gasteiger partial charge in [0.15, 0.2) is 8.32 Å². The maximum absolute atomic E-state index is 6.75. The minimum absolute atomic E-state index is 0.351. The average molecular weight is 240 g/mol. The molecule has 0 unspecified atom stereocenters. The lowest BCUT2D eigenvalue weighted by Crippen LogP contribution is -2.44. The molecule has 0 N–H and O–H groups in total. The molecule has 0 aromatic rings. The molecule has 0 atom stereocenters. The zero-order valence-corrected chi connectivity index (χ0v) is 12.3. The van der Waals surface area contributed by atoms with E-state index in [1.54, 1.807) is 0 Å². The third-order valence-corrected chi connectivity index (χ3v) is 7.18. The second-order valence-electron chi connectivity index (χ2n) is 6.51. The van der Waals surface area contributed by atoms with Crippen molar-refractivity contribution in [2.75, 3.05) is 0 Å². The molecule has 2 rings (SSSR count). The average Bonchev–Trinajstić information content (AvgIpc) is 2.72. The molecule has 2 fully saturated rings. The predicted molar refractivity (Wildman–Crippen MR) is 72.2 cm³/mol. The topological polar surface area (TPSA) is 9.23 Å². The lowest BCUT2D eigenvalue weighted by molar-refractivity contribution is 0.0413. The molecule has 0 amide bonds. The second-order valence-corrected chi connectivity index (χ2v) is 10.7. The van der Waals surface area contributed by atoms with E-state index >= 15 is 0 Å². The summed E-state index contributed by atoms with van der Waals surface area (Å²) in [6.07, 6.45) is 11.1. The van der Waals surface area contributed by atoms with Crippen LogP contribution in [0.3, 0.4) is 0 Å². The molecule has 0 aliphatic heterocycles. The van der Waals surface area contributed by atoms with Gasteiger partial charge in [0.25, 0.3) is 0 Å². The van der Waals surface area contributed by atoms with Crippen molar-refractivity contribution in [2.24, 2.45) is 5.92 Å². The van der Waals surface area contributed by atoms with Gasteiger partial charge in [0.05, 0.1) is 5.60 Å². The lowest BCUT2D eigenvalue weighted by atomic mass is 9.95. The molecule has 0 aromatic carbocycles. The monoisotopic (exact) mass is 240 g/mol. The van der Waals surface area contributed by atoms with Gasteiger partial charge in [-0.05, 0) is 50.7 Å². The van der Waals surface area contributed by atoms with Gasteiger partial charge in [-0.1, -0.05) is 32.6 Å². The van der Waals surface area contributed by atoms with Gasteiger partial charge in [0.1, 0.15) is 0 Å². The molecular formula is C14H28OSi. The zero-order chi connectivity index (χ0) is 11.6. The maximum atomic E-state index is 6.75. The first-order valence-electron chi connectivity index (χ1n) is 7.28. The Labute approximate surface area is 102 Å². The molecule has 0 spiro atoms. The van der Waals surface area contributed by atoms with Crippen molar-refractivity contribution >= 4 is 8.32 Å². The Bertz CT molecular complexity index is 227. The third-order valence-electron chi connectivity index (χ3n) is 4.66. The highest BCUT2D eigenvalue weighted by Gasteiger charge is 2.49. The summed E-state index contributed by atoms with van der Waals surface area (Å²) in [5, 5.41) is 0. The van der Waals surface area contributed by atoms with E-state index in [2.05, 4.69) is 20.0 Å². The van der Waals surface area contributed by atoms with Gasteiger partial charge in [0, 0.05) is 0 Å². The third kappa shape index (κ3) is 2.53. The largest absolute Gasteiger partial charge is 0.412 e. The minimum Gasteiger partial charge on any atom is -0.412 e. The summed E-state index contributed by atoms with van der Waals surface area (Å²) < 4.78 is 6.75. The van der Waals surface area contributed by atoms with Crippen LogP contribution in [0, 0.1) is 5.92 Å². The van der Waals surface area contributed by atoms with E-state index in [1.807, 2.05) is 0 Å². The fourth-order valence-corrected chi connectivity index (χ4v) is 6.67. The highest BCUT2D eigenvalue weighted by Crippen LogP contribution is 2.51. The molecule has 0 heterocycles. The molecule has 94 valence electrons. The van der Waals surface area contributed by atoms with Crippen LogP contribution in [0.2, 0.25) is 19.1 Å². The quantitative estimate of drug-likeness (QED) is 0.631. The molecule has 0 radical (unpaired) electrons. The van der Waals surface area contributed by atoms with E-state index in [1.165, 1.54) is 57.4 Å². The van der Waals surface area contributed by atoms with Gasteiger partial charge in [-0.2, -0.15) is 0 Å². The highest BCUT2D eigenvalue weighted by molar-refractivity contribution is 6.71. The van der Waals surface area contributed by atoms with Crippen LogP contribution in [0.1, 0.15) is 58.3 Å². The van der Waals surface area contributed by atoms with Gasteiger partial charge in [0.2, 0.25) is 0 Å². The van der Waals surface area contributed by atoms with Crippen LogP contribution in [-0.4, -0.2) is 13.9 Å². The Morgan fingerprint density at radius 1 is 1.19 bits per heavy atom. The van der Waals surface area contributed by atoms with Gasteiger partial charge in [-0.3, -0.25) is 0 Å². The molecule has 0 saturated heterocycles. The summed E-state index contributed by atoms with van der Waals surface area (Å²) >= 11 is 0. The van der Waals surface area contributed by atoms with Crippen LogP contribution in [0.15, 0.2) is 0 Å². The molecule has 2 heteroatoms. The van der Waals surface area contributed by atoms with E-state index in [4.69, 9.17) is 4.43 Å². The van der Waals surface area contributed by atoms with Gasteiger partial charge < -0.3 is 4.43 Å². The Balaban J connectivity index is 1.96. The SMILES string of the molecule is CCCC[Si](C)(C)OC12CCCC1CCC2. The first kappa shape index (κ1) is 12.6. The molecular weight excluding hydrogens is 212 g/mol. The van der Waals surface area contributed by atoms with Crippen LogP contribution in [-0.2, 0) is 4.43 Å². The normalized spacial score (nSPS) is 34.3. The van der Waals surface area contributed by atoms with Crippen molar-refractivity contribution in [3.63, 3.8) is 0 Å². The molecule has 0 aromatic heterocycles. The van der Waals surface area contributed by atoms with Crippen molar-refractivity contribution < 1.29 is 4.43 Å². The van der Waals surface area contributed by atoms with E-state index in [-0.39, 0.29) is 0 Å². The summed E-state index contributed by atoms with van der Waals surface area (Å²) in [6.45, 7) is 7.16. The zero-order valence-electron chi connectivity index (χ0n) is 11.3. The summed E-state index contributed by atoms with van der Waals surface area (Å²) in [7, 11) is -1.38. The number of rotatable bonds is 5. The Kier molecular flexibility index (Phi) is 3.80. The van der Waals surface area contributed by atoms with Gasteiger partial charge in [-0.15, -0.1) is 0 Å². The van der Waals surface area contributed by atoms with Crippen molar-refractivity contribution in [1.82, 2.24) is 0 Å². The molecule has 1 nitrogen and oxygen atoms in total. The molecule has 2 aliphatic carbocycles. The van der Waals surface area contributed by atoms with E-state index in [0.717, 1.165) is 5.92 Å². The van der Waals surface area contributed by atoms with Crippen molar-refractivity contribution in [1.29, 1.82) is 0 Å². The Morgan fingerprint density at radius 2 is 1.81 bits per heavy atom. The van der Waals surface area contributed by atoms with E-state index in [0.29, 0.717) is 5.60 Å². The summed E-state index contributed by atoms with van der Waals surface area (Å²) in [5.41, 5.74) is 0.351. The van der Waals surface area contributed by atoms with Crippen molar-refractivity contribution in [3.05, 3.63) is 0 Å². The van der Waals surface area contributed by atoms with Gasteiger partial charge >= 0.3 is 0 Å². The fraction of sp³-hybridized carbons (Fsp3) is 1.00. The van der Waals surface area contributed by atoms with Crippen LogP contribution >= 0.6 is 0 Å². The van der Waals surface area contributed by atoms with Crippen LogP contribution in [0.5, 0.6) is 0 Å². The predicted octanol–water partition coefficient (Wildman–Crippen LogP) is 4.73. The van der Waals surface area contributed by atoms with Crippen molar-refractivity contribution in [3.8, 4) is 0 Å². The molecule has 0 bridgehead atoms. The van der Waals surface area contributed by atoms with Crippen LogP contribution in [0.25, 0.3) is 0 Å². The number of fused-ring (bicyclic) bond motifs is 1. The maximum Gasteiger partial charge on any atom is 0.187 e.